The van der Waals surface area contributed by atoms with Crippen LogP contribution in [0.4, 0.5) is 0 Å². The van der Waals surface area contributed by atoms with Crippen molar-refractivity contribution in [2.45, 2.75) is 38.3 Å². The molecule has 84 valence electrons. The number of aromatic nitrogens is 1. The minimum absolute atomic E-state index is 0.193. The highest BCUT2D eigenvalue weighted by Gasteiger charge is 2.25. The van der Waals surface area contributed by atoms with E-state index < -0.39 is 0 Å². The lowest BCUT2D eigenvalue weighted by molar-refractivity contribution is 0.146. The monoisotopic (exact) mass is 207 g/mol. The lowest BCUT2D eigenvalue weighted by atomic mass is 9.99. The molecular weight excluding hydrogens is 186 g/mol. The molecular formula is C12H21N3. The Morgan fingerprint density at radius 2 is 2.07 bits per heavy atom. The number of piperidine rings is 1. The molecule has 0 bridgehead atoms. The van der Waals surface area contributed by atoms with Crippen LogP contribution in [-0.2, 0) is 0 Å². The van der Waals surface area contributed by atoms with Crippen molar-refractivity contribution >= 4 is 0 Å². The number of rotatable bonds is 3. The predicted molar refractivity (Wildman–Crippen MR) is 62.6 cm³/mol. The van der Waals surface area contributed by atoms with Gasteiger partial charge in [-0.2, -0.15) is 0 Å². The third kappa shape index (κ3) is 2.41. The van der Waals surface area contributed by atoms with E-state index in [1.54, 1.807) is 0 Å². The summed E-state index contributed by atoms with van der Waals surface area (Å²) in [6.45, 7) is 4.49. The van der Waals surface area contributed by atoms with Gasteiger partial charge in [-0.1, -0.05) is 6.42 Å². The first-order valence-electron chi connectivity index (χ1n) is 5.91. The largest absolute Gasteiger partial charge is 0.367 e. The van der Waals surface area contributed by atoms with Gasteiger partial charge in [-0.25, -0.2) is 0 Å². The van der Waals surface area contributed by atoms with Crippen molar-refractivity contribution in [1.29, 1.82) is 0 Å². The zero-order chi connectivity index (χ0) is 10.7. The molecule has 0 aliphatic carbocycles. The van der Waals surface area contributed by atoms with Crippen molar-refractivity contribution in [1.82, 2.24) is 9.88 Å². The standard InChI is InChI=1S/C12H21N3/c1-10(13)12(11-5-6-14-9-11)15-7-3-2-4-8-15/h5-6,9-10,12,14H,2-4,7-8,13H2,1H3. The van der Waals surface area contributed by atoms with E-state index >= 15 is 0 Å². The minimum Gasteiger partial charge on any atom is -0.367 e. The van der Waals surface area contributed by atoms with Gasteiger partial charge in [0.2, 0.25) is 0 Å². The first-order valence-corrected chi connectivity index (χ1v) is 5.91. The Hall–Kier alpha value is -0.800. The summed E-state index contributed by atoms with van der Waals surface area (Å²) >= 11 is 0. The maximum Gasteiger partial charge on any atom is 0.0511 e. The fourth-order valence-electron chi connectivity index (χ4n) is 2.56. The molecule has 1 aliphatic heterocycles. The van der Waals surface area contributed by atoms with E-state index in [-0.39, 0.29) is 6.04 Å². The molecule has 0 radical (unpaired) electrons. The van der Waals surface area contributed by atoms with Gasteiger partial charge in [0.1, 0.15) is 0 Å². The number of likely N-dealkylation sites (tertiary alicyclic amines) is 1. The van der Waals surface area contributed by atoms with Crippen LogP contribution in [0, 0.1) is 0 Å². The Kier molecular flexibility index (Phi) is 3.44. The van der Waals surface area contributed by atoms with Crippen LogP contribution in [0.2, 0.25) is 0 Å². The first-order chi connectivity index (χ1) is 7.29. The van der Waals surface area contributed by atoms with E-state index in [0.717, 1.165) is 0 Å². The lowest BCUT2D eigenvalue weighted by Gasteiger charge is -2.36. The van der Waals surface area contributed by atoms with Gasteiger partial charge in [-0.05, 0) is 44.5 Å². The lowest BCUT2D eigenvalue weighted by Crippen LogP contribution is -2.42. The molecule has 3 heteroatoms. The smallest absolute Gasteiger partial charge is 0.0511 e. The summed E-state index contributed by atoms with van der Waals surface area (Å²) in [6, 6.07) is 2.72. The molecule has 1 aliphatic rings. The molecule has 1 fully saturated rings. The fourth-order valence-corrected chi connectivity index (χ4v) is 2.56. The normalized spacial score (nSPS) is 22.5. The Labute approximate surface area is 91.7 Å². The average Bonchev–Trinajstić information content (AvgIpc) is 2.72. The maximum absolute atomic E-state index is 6.10. The molecule has 3 N–H and O–H groups in total. The van der Waals surface area contributed by atoms with E-state index in [9.17, 15) is 0 Å². The summed E-state index contributed by atoms with van der Waals surface area (Å²) in [5, 5.41) is 0. The Morgan fingerprint density at radius 3 is 2.60 bits per heavy atom. The summed E-state index contributed by atoms with van der Waals surface area (Å²) in [5.74, 6) is 0. The first kappa shape index (κ1) is 10.7. The van der Waals surface area contributed by atoms with Crippen molar-refractivity contribution in [3.63, 3.8) is 0 Å². The van der Waals surface area contributed by atoms with Crippen molar-refractivity contribution in [2.24, 2.45) is 5.73 Å². The third-order valence-electron chi connectivity index (χ3n) is 3.25. The predicted octanol–water partition coefficient (Wildman–Crippen LogP) is 1.89. The van der Waals surface area contributed by atoms with Crippen LogP contribution in [-0.4, -0.2) is 29.0 Å². The Balaban J connectivity index is 2.12. The maximum atomic E-state index is 6.10. The zero-order valence-electron chi connectivity index (χ0n) is 9.45. The highest BCUT2D eigenvalue weighted by molar-refractivity contribution is 5.16. The number of hydrogen-bond donors (Lipinski definition) is 2. The van der Waals surface area contributed by atoms with Crippen LogP contribution in [0.25, 0.3) is 0 Å². The summed E-state index contributed by atoms with van der Waals surface area (Å²) < 4.78 is 0. The number of nitrogens with zero attached hydrogens (tertiary/aromatic N) is 1. The van der Waals surface area contributed by atoms with Gasteiger partial charge in [-0.15, -0.1) is 0 Å². The minimum atomic E-state index is 0.193. The van der Waals surface area contributed by atoms with Gasteiger partial charge in [0, 0.05) is 18.4 Å². The molecule has 15 heavy (non-hydrogen) atoms. The molecule has 2 heterocycles. The molecule has 3 nitrogen and oxygen atoms in total. The van der Waals surface area contributed by atoms with Crippen LogP contribution >= 0.6 is 0 Å². The molecule has 2 atom stereocenters. The van der Waals surface area contributed by atoms with Crippen LogP contribution in [0.5, 0.6) is 0 Å². The number of H-pyrrole nitrogens is 1. The molecule has 0 amide bonds. The molecule has 1 saturated heterocycles. The van der Waals surface area contributed by atoms with Crippen molar-refractivity contribution in [3.8, 4) is 0 Å². The van der Waals surface area contributed by atoms with Crippen LogP contribution in [0.1, 0.15) is 37.8 Å². The Morgan fingerprint density at radius 1 is 1.33 bits per heavy atom. The molecule has 1 aromatic rings. The second kappa shape index (κ2) is 4.81. The summed E-state index contributed by atoms with van der Waals surface area (Å²) in [5.41, 5.74) is 7.43. The van der Waals surface area contributed by atoms with E-state index in [1.165, 1.54) is 37.9 Å². The van der Waals surface area contributed by atoms with Gasteiger partial charge in [0.25, 0.3) is 0 Å². The molecule has 1 aromatic heterocycles. The summed E-state index contributed by atoms with van der Waals surface area (Å²) in [7, 11) is 0. The average molecular weight is 207 g/mol. The number of nitrogens with two attached hydrogens (primary N) is 1. The summed E-state index contributed by atoms with van der Waals surface area (Å²) in [6.07, 6.45) is 8.05. The molecule has 2 unspecified atom stereocenters. The van der Waals surface area contributed by atoms with Gasteiger partial charge in [0.15, 0.2) is 0 Å². The van der Waals surface area contributed by atoms with E-state index in [4.69, 9.17) is 5.73 Å². The highest BCUT2D eigenvalue weighted by Crippen LogP contribution is 2.26. The number of hydrogen-bond acceptors (Lipinski definition) is 2. The second-order valence-electron chi connectivity index (χ2n) is 4.54. The topological polar surface area (TPSA) is 45.1 Å². The third-order valence-corrected chi connectivity index (χ3v) is 3.25. The number of nitrogens with one attached hydrogen (secondary N) is 1. The van der Waals surface area contributed by atoms with Crippen LogP contribution in [0.15, 0.2) is 18.5 Å². The zero-order valence-corrected chi connectivity index (χ0v) is 9.45. The highest BCUT2D eigenvalue weighted by atomic mass is 15.2. The van der Waals surface area contributed by atoms with Gasteiger partial charge in [0.05, 0.1) is 6.04 Å². The quantitative estimate of drug-likeness (QED) is 0.795. The van der Waals surface area contributed by atoms with Crippen LogP contribution in [0.3, 0.4) is 0 Å². The molecule has 0 spiro atoms. The van der Waals surface area contributed by atoms with Crippen LogP contribution < -0.4 is 5.73 Å². The van der Waals surface area contributed by atoms with E-state index in [1.807, 2.05) is 6.20 Å². The van der Waals surface area contributed by atoms with Crippen molar-refractivity contribution in [2.75, 3.05) is 13.1 Å². The molecule has 2 rings (SSSR count). The van der Waals surface area contributed by atoms with Crippen molar-refractivity contribution < 1.29 is 0 Å². The van der Waals surface area contributed by atoms with Crippen molar-refractivity contribution in [3.05, 3.63) is 24.0 Å². The van der Waals surface area contributed by atoms with E-state index in [0.29, 0.717) is 6.04 Å². The Bertz CT molecular complexity index is 273. The SMILES string of the molecule is CC(N)C(c1cc[nH]c1)N1CCCCC1. The fraction of sp³-hybridized carbons (Fsp3) is 0.667. The summed E-state index contributed by atoms with van der Waals surface area (Å²) in [4.78, 5) is 5.65. The van der Waals surface area contributed by atoms with Gasteiger partial charge in [-0.3, -0.25) is 4.90 Å². The number of aromatic amines is 1. The van der Waals surface area contributed by atoms with Gasteiger partial charge < -0.3 is 10.7 Å². The molecule has 0 aromatic carbocycles. The second-order valence-corrected chi connectivity index (χ2v) is 4.54. The molecule has 0 saturated carbocycles. The van der Waals surface area contributed by atoms with Gasteiger partial charge >= 0.3 is 0 Å². The van der Waals surface area contributed by atoms with E-state index in [2.05, 4.69) is 29.1 Å².